The number of aliphatic hydroxyl groups excluding tert-OH is 1. The van der Waals surface area contributed by atoms with Crippen LogP contribution in [0.15, 0.2) is 30.3 Å². The van der Waals surface area contributed by atoms with Crippen molar-refractivity contribution in [1.29, 1.82) is 0 Å². The Labute approximate surface area is 128 Å². The van der Waals surface area contributed by atoms with Crippen molar-refractivity contribution >= 4 is 5.78 Å². The average molecular weight is 317 g/mol. The third kappa shape index (κ3) is 5.42. The Balaban J connectivity index is 2.91. The number of Topliss-reactive ketones (excluding diaryl/α,β-unsaturated/α-hetero) is 1. The van der Waals surface area contributed by atoms with Gasteiger partial charge >= 0.3 is 6.18 Å². The molecule has 1 rings (SSSR count). The molecule has 0 fully saturated rings. The Morgan fingerprint density at radius 1 is 1.18 bits per heavy atom. The maximum absolute atomic E-state index is 13.2. The summed E-state index contributed by atoms with van der Waals surface area (Å²) in [5, 5.41) is 11.7. The van der Waals surface area contributed by atoms with Crippen LogP contribution < -0.4 is 5.32 Å². The van der Waals surface area contributed by atoms with E-state index in [1.54, 1.807) is 51.1 Å². The maximum atomic E-state index is 13.2. The number of ketones is 1. The number of carbonyl (C=O) groups excluding carboxylic acids is 1. The SMILES string of the molecule is CC(C)(C)C(=O)C[C@@H](N[C@@H](CO)c1ccccc1)C(F)(F)F. The van der Waals surface area contributed by atoms with E-state index in [4.69, 9.17) is 0 Å². The number of halogens is 3. The zero-order valence-electron chi connectivity index (χ0n) is 12.9. The van der Waals surface area contributed by atoms with Gasteiger partial charge in [-0.15, -0.1) is 0 Å². The van der Waals surface area contributed by atoms with Crippen LogP contribution in [0.5, 0.6) is 0 Å². The van der Waals surface area contributed by atoms with Gasteiger partial charge in [0.05, 0.1) is 12.6 Å². The molecule has 2 N–H and O–H groups in total. The van der Waals surface area contributed by atoms with E-state index in [1.807, 2.05) is 0 Å². The highest BCUT2D eigenvalue weighted by atomic mass is 19.4. The zero-order chi connectivity index (χ0) is 17.0. The van der Waals surface area contributed by atoms with Crippen molar-refractivity contribution in [3.63, 3.8) is 0 Å². The van der Waals surface area contributed by atoms with E-state index < -0.39 is 42.5 Å². The third-order valence-corrected chi connectivity index (χ3v) is 3.41. The molecule has 0 aromatic heterocycles. The van der Waals surface area contributed by atoms with Gasteiger partial charge in [-0.1, -0.05) is 51.1 Å². The molecule has 6 heteroatoms. The average Bonchev–Trinajstić information content (AvgIpc) is 2.41. The molecule has 0 heterocycles. The minimum absolute atomic E-state index is 0.480. The molecule has 0 aliphatic heterocycles. The summed E-state index contributed by atoms with van der Waals surface area (Å²) < 4.78 is 39.6. The summed E-state index contributed by atoms with van der Waals surface area (Å²) in [7, 11) is 0. The van der Waals surface area contributed by atoms with Gasteiger partial charge in [0, 0.05) is 11.8 Å². The van der Waals surface area contributed by atoms with E-state index in [0.717, 1.165) is 0 Å². The summed E-state index contributed by atoms with van der Waals surface area (Å²) in [5.74, 6) is -0.480. The number of rotatable bonds is 6. The highest BCUT2D eigenvalue weighted by molar-refractivity contribution is 5.84. The van der Waals surface area contributed by atoms with E-state index in [1.165, 1.54) is 0 Å². The van der Waals surface area contributed by atoms with Crippen LogP contribution in [0.4, 0.5) is 13.2 Å². The molecule has 0 amide bonds. The lowest BCUT2D eigenvalue weighted by Crippen LogP contribution is -2.47. The van der Waals surface area contributed by atoms with E-state index in [0.29, 0.717) is 5.56 Å². The first-order valence-corrected chi connectivity index (χ1v) is 7.07. The van der Waals surface area contributed by atoms with E-state index in [9.17, 15) is 23.1 Å². The van der Waals surface area contributed by atoms with Crippen molar-refractivity contribution in [2.24, 2.45) is 5.41 Å². The van der Waals surface area contributed by atoms with Gasteiger partial charge < -0.3 is 5.11 Å². The summed E-state index contributed by atoms with van der Waals surface area (Å²) in [6, 6.07) is 5.50. The second kappa shape index (κ2) is 7.24. The van der Waals surface area contributed by atoms with E-state index >= 15 is 0 Å². The van der Waals surface area contributed by atoms with Crippen LogP contribution in [-0.4, -0.2) is 29.7 Å². The molecule has 0 radical (unpaired) electrons. The van der Waals surface area contributed by atoms with Crippen molar-refractivity contribution in [3.8, 4) is 0 Å². The molecular formula is C16H22F3NO2. The molecule has 1 aromatic carbocycles. The van der Waals surface area contributed by atoms with Gasteiger partial charge in [-0.25, -0.2) is 0 Å². The summed E-state index contributed by atoms with van der Waals surface area (Å²) in [4.78, 5) is 11.9. The molecule has 3 nitrogen and oxygen atoms in total. The normalized spacial score (nSPS) is 15.4. The summed E-state index contributed by atoms with van der Waals surface area (Å²) >= 11 is 0. The molecule has 0 aliphatic carbocycles. The number of aliphatic hydroxyl groups is 1. The Bertz CT molecular complexity index is 480. The second-order valence-corrected chi connectivity index (χ2v) is 6.28. The first-order chi connectivity index (χ1) is 10.1. The summed E-state index contributed by atoms with van der Waals surface area (Å²) in [6.45, 7) is 4.27. The monoisotopic (exact) mass is 317 g/mol. The number of benzene rings is 1. The lowest BCUT2D eigenvalue weighted by Gasteiger charge is -2.28. The van der Waals surface area contributed by atoms with Crippen molar-refractivity contribution < 1.29 is 23.1 Å². The van der Waals surface area contributed by atoms with Gasteiger partial charge in [0.2, 0.25) is 0 Å². The van der Waals surface area contributed by atoms with Gasteiger partial charge in [0.15, 0.2) is 0 Å². The predicted molar refractivity (Wildman–Crippen MR) is 78.3 cm³/mol. The Hall–Kier alpha value is -1.40. The zero-order valence-corrected chi connectivity index (χ0v) is 12.9. The fourth-order valence-electron chi connectivity index (χ4n) is 1.94. The van der Waals surface area contributed by atoms with Gasteiger partial charge in [-0.3, -0.25) is 10.1 Å². The fourth-order valence-corrected chi connectivity index (χ4v) is 1.94. The highest BCUT2D eigenvalue weighted by Gasteiger charge is 2.43. The van der Waals surface area contributed by atoms with Crippen LogP contribution in [0.1, 0.15) is 38.8 Å². The Morgan fingerprint density at radius 2 is 1.73 bits per heavy atom. The summed E-state index contributed by atoms with van der Waals surface area (Å²) in [5.41, 5.74) is -0.297. The Kier molecular flexibility index (Phi) is 6.14. The van der Waals surface area contributed by atoms with Gasteiger partial charge in [-0.2, -0.15) is 13.2 Å². The van der Waals surface area contributed by atoms with Crippen LogP contribution in [-0.2, 0) is 4.79 Å². The van der Waals surface area contributed by atoms with Crippen LogP contribution in [0.2, 0.25) is 0 Å². The maximum Gasteiger partial charge on any atom is 0.404 e. The largest absolute Gasteiger partial charge is 0.404 e. The van der Waals surface area contributed by atoms with Crippen molar-refractivity contribution in [2.75, 3.05) is 6.61 Å². The minimum atomic E-state index is -4.57. The number of hydrogen-bond acceptors (Lipinski definition) is 3. The van der Waals surface area contributed by atoms with Crippen molar-refractivity contribution in [1.82, 2.24) is 5.32 Å². The van der Waals surface area contributed by atoms with Crippen LogP contribution >= 0.6 is 0 Å². The topological polar surface area (TPSA) is 49.3 Å². The molecule has 0 spiro atoms. The molecular weight excluding hydrogens is 295 g/mol. The molecule has 1 aromatic rings. The molecule has 0 unspecified atom stereocenters. The molecule has 0 saturated carbocycles. The van der Waals surface area contributed by atoms with E-state index in [-0.39, 0.29) is 0 Å². The van der Waals surface area contributed by atoms with E-state index in [2.05, 4.69) is 5.32 Å². The predicted octanol–water partition coefficient (Wildman–Crippen LogP) is 3.25. The lowest BCUT2D eigenvalue weighted by atomic mass is 9.86. The second-order valence-electron chi connectivity index (χ2n) is 6.28. The van der Waals surface area contributed by atoms with Gasteiger partial charge in [-0.05, 0) is 5.56 Å². The third-order valence-electron chi connectivity index (χ3n) is 3.41. The quantitative estimate of drug-likeness (QED) is 0.847. The molecule has 0 aliphatic rings. The number of alkyl halides is 3. The number of nitrogens with one attached hydrogen (secondary N) is 1. The van der Waals surface area contributed by atoms with Crippen molar-refractivity contribution in [3.05, 3.63) is 35.9 Å². The van der Waals surface area contributed by atoms with Crippen LogP contribution in [0, 0.1) is 5.41 Å². The molecule has 2 atom stereocenters. The summed E-state index contributed by atoms with van der Waals surface area (Å²) in [6.07, 6.45) is -5.22. The molecule has 124 valence electrons. The fraction of sp³-hybridized carbons (Fsp3) is 0.562. The van der Waals surface area contributed by atoms with Gasteiger partial charge in [0.25, 0.3) is 0 Å². The smallest absolute Gasteiger partial charge is 0.394 e. The molecule has 0 saturated heterocycles. The minimum Gasteiger partial charge on any atom is -0.394 e. The molecule has 0 bridgehead atoms. The standard InChI is InChI=1S/C16H22F3NO2/c1-15(2,3)14(22)9-13(16(17,18)19)20-12(10-21)11-7-5-4-6-8-11/h4-8,12-13,20-21H,9-10H2,1-3H3/t12-,13+/m0/s1. The highest BCUT2D eigenvalue weighted by Crippen LogP contribution is 2.28. The first kappa shape index (κ1) is 18.6. The number of hydrogen-bond donors (Lipinski definition) is 2. The number of carbonyl (C=O) groups is 1. The Morgan fingerprint density at radius 3 is 2.14 bits per heavy atom. The van der Waals surface area contributed by atoms with Crippen LogP contribution in [0.25, 0.3) is 0 Å². The lowest BCUT2D eigenvalue weighted by molar-refractivity contribution is -0.165. The van der Waals surface area contributed by atoms with Crippen LogP contribution in [0.3, 0.4) is 0 Å². The first-order valence-electron chi connectivity index (χ1n) is 7.07. The molecule has 22 heavy (non-hydrogen) atoms. The van der Waals surface area contributed by atoms with Crippen molar-refractivity contribution in [2.45, 2.75) is 45.5 Å². The van der Waals surface area contributed by atoms with Gasteiger partial charge in [0.1, 0.15) is 11.8 Å².